The molecule has 4 aromatic rings. The maximum absolute atomic E-state index is 4.59. The third kappa shape index (κ3) is 2.11. The molecule has 0 N–H and O–H groups in total. The highest BCUT2D eigenvalue weighted by atomic mass is 32.2. The van der Waals surface area contributed by atoms with Gasteiger partial charge in [-0.1, -0.05) is 12.1 Å². The third-order valence-corrected chi connectivity index (χ3v) is 5.49. The Labute approximate surface area is 126 Å². The van der Waals surface area contributed by atoms with E-state index in [0.29, 0.717) is 0 Å². The van der Waals surface area contributed by atoms with E-state index in [-0.39, 0.29) is 0 Å². The Balaban J connectivity index is 1.71. The number of nitrogens with zero attached hydrogens (tertiary/aromatic N) is 5. The molecule has 0 aliphatic rings. The minimum Gasteiger partial charge on any atom is -0.229 e. The molecule has 0 unspecified atom stereocenters. The SMILES string of the molecule is c1csc(-n2nnnc2Sc2nc3ccccc3s2)c1. The number of benzene rings is 1. The Morgan fingerprint density at radius 2 is 2.05 bits per heavy atom. The van der Waals surface area contributed by atoms with Gasteiger partial charge in [0.25, 0.3) is 0 Å². The van der Waals surface area contributed by atoms with Crippen molar-refractivity contribution in [2.45, 2.75) is 9.50 Å². The lowest BCUT2D eigenvalue weighted by Gasteiger charge is -1.97. The van der Waals surface area contributed by atoms with Gasteiger partial charge in [0.05, 0.1) is 10.2 Å². The van der Waals surface area contributed by atoms with Crippen LogP contribution in [0.25, 0.3) is 15.2 Å². The van der Waals surface area contributed by atoms with Crippen molar-refractivity contribution >= 4 is 44.7 Å². The second-order valence-electron chi connectivity index (χ2n) is 3.87. The molecule has 0 atom stereocenters. The summed E-state index contributed by atoms with van der Waals surface area (Å²) in [6.07, 6.45) is 0. The van der Waals surface area contributed by atoms with Crippen molar-refractivity contribution in [3.63, 3.8) is 0 Å². The van der Waals surface area contributed by atoms with Crippen molar-refractivity contribution in [2.24, 2.45) is 0 Å². The van der Waals surface area contributed by atoms with Gasteiger partial charge in [-0.05, 0) is 51.8 Å². The van der Waals surface area contributed by atoms with Crippen LogP contribution in [0, 0.1) is 0 Å². The lowest BCUT2D eigenvalue weighted by Crippen LogP contribution is -1.95. The first-order chi connectivity index (χ1) is 9.90. The number of thiazole rings is 1. The lowest BCUT2D eigenvalue weighted by molar-refractivity contribution is 0.768. The first-order valence-corrected chi connectivity index (χ1v) is 8.27. The van der Waals surface area contributed by atoms with Crippen LogP contribution in [0.15, 0.2) is 51.3 Å². The maximum Gasteiger partial charge on any atom is 0.221 e. The smallest absolute Gasteiger partial charge is 0.221 e. The van der Waals surface area contributed by atoms with E-state index >= 15 is 0 Å². The lowest BCUT2D eigenvalue weighted by atomic mass is 10.3. The minimum atomic E-state index is 0.728. The molecule has 8 heteroatoms. The molecule has 3 heterocycles. The first kappa shape index (κ1) is 12.0. The molecule has 0 saturated carbocycles. The van der Waals surface area contributed by atoms with E-state index in [1.807, 2.05) is 35.7 Å². The molecule has 0 amide bonds. The molecule has 98 valence electrons. The fraction of sp³-hybridized carbons (Fsp3) is 0. The molecule has 0 saturated heterocycles. The molecule has 0 spiro atoms. The average molecular weight is 317 g/mol. The van der Waals surface area contributed by atoms with Gasteiger partial charge in [-0.2, -0.15) is 4.68 Å². The van der Waals surface area contributed by atoms with Gasteiger partial charge < -0.3 is 0 Å². The summed E-state index contributed by atoms with van der Waals surface area (Å²) in [5.41, 5.74) is 1.01. The van der Waals surface area contributed by atoms with Gasteiger partial charge in [-0.25, -0.2) is 4.98 Å². The van der Waals surface area contributed by atoms with E-state index in [4.69, 9.17) is 0 Å². The molecule has 20 heavy (non-hydrogen) atoms. The van der Waals surface area contributed by atoms with Crippen LogP contribution in [-0.4, -0.2) is 25.2 Å². The maximum atomic E-state index is 4.59. The van der Waals surface area contributed by atoms with E-state index in [0.717, 1.165) is 20.0 Å². The normalized spacial score (nSPS) is 11.2. The van der Waals surface area contributed by atoms with Crippen molar-refractivity contribution in [1.29, 1.82) is 0 Å². The van der Waals surface area contributed by atoms with E-state index in [1.165, 1.54) is 16.5 Å². The van der Waals surface area contributed by atoms with Gasteiger partial charge in [-0.15, -0.1) is 27.8 Å². The highest BCUT2D eigenvalue weighted by Gasteiger charge is 2.13. The summed E-state index contributed by atoms with van der Waals surface area (Å²) in [5, 5.41) is 15.6. The molecular formula is C12H7N5S3. The van der Waals surface area contributed by atoms with Crippen LogP contribution in [0.3, 0.4) is 0 Å². The largest absolute Gasteiger partial charge is 0.229 e. The summed E-state index contributed by atoms with van der Waals surface area (Å²) in [7, 11) is 0. The molecule has 0 bridgehead atoms. The van der Waals surface area contributed by atoms with Gasteiger partial charge in [-0.3, -0.25) is 0 Å². The summed E-state index contributed by atoms with van der Waals surface area (Å²) < 4.78 is 3.85. The van der Waals surface area contributed by atoms with Crippen LogP contribution in [0.4, 0.5) is 0 Å². The van der Waals surface area contributed by atoms with Gasteiger partial charge in [0.15, 0.2) is 4.34 Å². The molecule has 0 radical (unpaired) electrons. The van der Waals surface area contributed by atoms with Crippen LogP contribution in [-0.2, 0) is 0 Å². The van der Waals surface area contributed by atoms with Crippen LogP contribution < -0.4 is 0 Å². The number of fused-ring (bicyclic) bond motifs is 1. The zero-order valence-electron chi connectivity index (χ0n) is 10.0. The number of hydrogen-bond acceptors (Lipinski definition) is 7. The summed E-state index contributed by atoms with van der Waals surface area (Å²) >= 11 is 4.73. The zero-order valence-corrected chi connectivity index (χ0v) is 12.5. The monoisotopic (exact) mass is 317 g/mol. The highest BCUT2D eigenvalue weighted by Crippen LogP contribution is 2.34. The first-order valence-electron chi connectivity index (χ1n) is 5.76. The standard InChI is InChI=1S/C12H7N5S3/c1-2-5-9-8(4-1)13-12(19-9)20-11-14-15-16-17(11)10-6-3-7-18-10/h1-7H. The van der Waals surface area contributed by atoms with Crippen molar-refractivity contribution in [3.8, 4) is 5.00 Å². The van der Waals surface area contributed by atoms with Gasteiger partial charge in [0.1, 0.15) is 5.00 Å². The second kappa shape index (κ2) is 4.97. The Bertz CT molecular complexity index is 816. The second-order valence-corrected chi connectivity index (χ2v) is 7.05. The predicted molar refractivity (Wildman–Crippen MR) is 80.8 cm³/mol. The third-order valence-electron chi connectivity index (χ3n) is 2.61. The van der Waals surface area contributed by atoms with E-state index < -0.39 is 0 Å². The highest BCUT2D eigenvalue weighted by molar-refractivity contribution is 8.01. The molecule has 0 aliphatic carbocycles. The van der Waals surface area contributed by atoms with Gasteiger partial charge >= 0.3 is 0 Å². The molecule has 5 nitrogen and oxygen atoms in total. The predicted octanol–water partition coefficient (Wildman–Crippen LogP) is 3.48. The zero-order chi connectivity index (χ0) is 13.4. The molecule has 3 aromatic heterocycles. The van der Waals surface area contributed by atoms with Crippen molar-refractivity contribution in [2.75, 3.05) is 0 Å². The van der Waals surface area contributed by atoms with Crippen molar-refractivity contribution in [3.05, 3.63) is 41.8 Å². The number of hydrogen-bond donors (Lipinski definition) is 0. The molecule has 0 aliphatic heterocycles. The summed E-state index contributed by atoms with van der Waals surface area (Å²) in [6.45, 7) is 0. The molecular weight excluding hydrogens is 310 g/mol. The summed E-state index contributed by atoms with van der Waals surface area (Å²) in [6, 6.07) is 12.1. The fourth-order valence-corrected chi connectivity index (χ4v) is 4.43. The summed E-state index contributed by atoms with van der Waals surface area (Å²) in [4.78, 5) is 4.59. The molecule has 4 rings (SSSR count). The van der Waals surface area contributed by atoms with Crippen molar-refractivity contribution in [1.82, 2.24) is 25.2 Å². The Kier molecular flexibility index (Phi) is 2.98. The quantitative estimate of drug-likeness (QED) is 0.579. The topological polar surface area (TPSA) is 56.5 Å². The number of rotatable bonds is 3. The summed E-state index contributed by atoms with van der Waals surface area (Å²) in [5.74, 6) is 0. The molecule has 1 aromatic carbocycles. The van der Waals surface area contributed by atoms with Crippen LogP contribution in [0.1, 0.15) is 0 Å². The number of aromatic nitrogens is 5. The van der Waals surface area contributed by atoms with E-state index in [1.54, 1.807) is 27.4 Å². The molecule has 0 fully saturated rings. The van der Waals surface area contributed by atoms with Gasteiger partial charge in [0, 0.05) is 0 Å². The Morgan fingerprint density at radius 1 is 1.10 bits per heavy atom. The Morgan fingerprint density at radius 3 is 2.90 bits per heavy atom. The van der Waals surface area contributed by atoms with E-state index in [9.17, 15) is 0 Å². The van der Waals surface area contributed by atoms with Gasteiger partial charge in [0.2, 0.25) is 5.16 Å². The average Bonchev–Trinajstić information content (AvgIpc) is 3.18. The van der Waals surface area contributed by atoms with Crippen molar-refractivity contribution < 1.29 is 0 Å². The number of tetrazole rings is 1. The van der Waals surface area contributed by atoms with Crippen LogP contribution >= 0.6 is 34.4 Å². The fourth-order valence-electron chi connectivity index (χ4n) is 1.74. The van der Waals surface area contributed by atoms with Crippen LogP contribution in [0.2, 0.25) is 0 Å². The van der Waals surface area contributed by atoms with Crippen LogP contribution in [0.5, 0.6) is 0 Å². The Hall–Kier alpha value is -1.77. The number of thiophene rings is 1. The number of para-hydroxylation sites is 1. The van der Waals surface area contributed by atoms with E-state index in [2.05, 4.69) is 26.6 Å². The minimum absolute atomic E-state index is 0.728.